The van der Waals surface area contributed by atoms with Crippen LogP contribution in [0.2, 0.25) is 0 Å². The van der Waals surface area contributed by atoms with E-state index in [0.717, 1.165) is 21.3 Å². The van der Waals surface area contributed by atoms with Crippen LogP contribution in [0.5, 0.6) is 0 Å². The number of rotatable bonds is 2. The molecule has 1 aliphatic rings. The Balaban J connectivity index is 1.91. The van der Waals surface area contributed by atoms with Gasteiger partial charge in [-0.15, -0.1) is 23.2 Å². The Morgan fingerprint density at radius 1 is 1.35 bits per heavy atom. The number of hydrogen-bond donors (Lipinski definition) is 1. The first-order valence-corrected chi connectivity index (χ1v) is 7.88. The average molecular weight is 329 g/mol. The molecule has 1 fully saturated rings. The zero-order valence-corrected chi connectivity index (χ0v) is 13.7. The number of nitrogens with one attached hydrogen (secondary N) is 1. The molecule has 0 bridgehead atoms. The number of carbonyl (C=O) groups is 1. The van der Waals surface area contributed by atoms with E-state index in [9.17, 15) is 4.79 Å². The number of thiazole rings is 1. The van der Waals surface area contributed by atoms with Crippen molar-refractivity contribution in [2.24, 2.45) is 5.41 Å². The molecule has 1 aromatic heterocycles. The third kappa shape index (κ3) is 2.01. The molecule has 1 saturated carbocycles. The maximum atomic E-state index is 12.2. The van der Waals surface area contributed by atoms with Gasteiger partial charge in [0.25, 0.3) is 0 Å². The maximum absolute atomic E-state index is 12.2. The van der Waals surface area contributed by atoms with Crippen molar-refractivity contribution in [1.29, 1.82) is 0 Å². The summed E-state index contributed by atoms with van der Waals surface area (Å²) in [6, 6.07) is 4.10. The highest BCUT2D eigenvalue weighted by molar-refractivity contribution is 7.22. The summed E-state index contributed by atoms with van der Waals surface area (Å²) in [6.07, 6.45) is 0.470. The summed E-state index contributed by atoms with van der Waals surface area (Å²) >= 11 is 13.5. The largest absolute Gasteiger partial charge is 0.301 e. The van der Waals surface area contributed by atoms with Crippen LogP contribution >= 0.6 is 34.5 Å². The van der Waals surface area contributed by atoms with Gasteiger partial charge in [0.1, 0.15) is 4.33 Å². The van der Waals surface area contributed by atoms with Crippen molar-refractivity contribution in [1.82, 2.24) is 4.98 Å². The molecule has 1 amide bonds. The molecule has 6 heteroatoms. The molecule has 1 heterocycles. The highest BCUT2D eigenvalue weighted by atomic mass is 35.5. The highest BCUT2D eigenvalue weighted by Gasteiger charge is 2.68. The molecule has 0 aliphatic heterocycles. The van der Waals surface area contributed by atoms with Crippen LogP contribution in [0.4, 0.5) is 5.13 Å². The summed E-state index contributed by atoms with van der Waals surface area (Å²) < 4.78 is 0.142. The highest BCUT2D eigenvalue weighted by Crippen LogP contribution is 2.64. The lowest BCUT2D eigenvalue weighted by atomic mass is 10.1. The number of alkyl halides is 2. The molecular formula is C14H14Cl2N2OS. The van der Waals surface area contributed by atoms with Crippen molar-refractivity contribution < 1.29 is 4.79 Å². The average Bonchev–Trinajstić information content (AvgIpc) is 2.74. The third-order valence-electron chi connectivity index (χ3n) is 3.92. The van der Waals surface area contributed by atoms with Crippen LogP contribution in [0.1, 0.15) is 24.5 Å². The van der Waals surface area contributed by atoms with Crippen molar-refractivity contribution >= 4 is 55.8 Å². The standard InChI is InChI=1S/C14H14Cl2N2OS/c1-7-4-5-8(2)10-9(7)17-12(20-10)18-11(19)13(3)6-14(13,15)16/h4-5H,6H2,1-3H3,(H,17,18,19). The van der Waals surface area contributed by atoms with Crippen molar-refractivity contribution in [2.75, 3.05) is 5.32 Å². The lowest BCUT2D eigenvalue weighted by molar-refractivity contribution is -0.120. The minimum atomic E-state index is -0.959. The number of benzene rings is 1. The second kappa shape index (κ2) is 4.33. The second-order valence-corrected chi connectivity index (χ2v) is 8.05. The Morgan fingerprint density at radius 2 is 1.95 bits per heavy atom. The van der Waals surface area contributed by atoms with E-state index in [4.69, 9.17) is 23.2 Å². The van der Waals surface area contributed by atoms with Gasteiger partial charge in [-0.1, -0.05) is 23.5 Å². The number of hydrogen-bond acceptors (Lipinski definition) is 3. The van der Waals surface area contributed by atoms with Crippen LogP contribution < -0.4 is 5.32 Å². The Hall–Kier alpha value is -0.840. The van der Waals surface area contributed by atoms with Crippen LogP contribution in [0.15, 0.2) is 12.1 Å². The van der Waals surface area contributed by atoms with Crippen molar-refractivity contribution in [3.8, 4) is 0 Å². The van der Waals surface area contributed by atoms with Crippen LogP contribution in [0.3, 0.4) is 0 Å². The monoisotopic (exact) mass is 328 g/mol. The Kier molecular flexibility index (Phi) is 3.05. The zero-order chi connectivity index (χ0) is 14.7. The van der Waals surface area contributed by atoms with E-state index < -0.39 is 9.75 Å². The molecule has 0 radical (unpaired) electrons. The summed E-state index contributed by atoms with van der Waals surface area (Å²) in [5, 5.41) is 3.44. The predicted molar refractivity (Wildman–Crippen MR) is 84.9 cm³/mol. The van der Waals surface area contributed by atoms with Gasteiger partial charge < -0.3 is 5.32 Å². The number of halogens is 2. The number of anilines is 1. The van der Waals surface area contributed by atoms with Gasteiger partial charge in [0.05, 0.1) is 15.6 Å². The number of amides is 1. The summed E-state index contributed by atoms with van der Waals surface area (Å²) in [5.41, 5.74) is 2.47. The van der Waals surface area contributed by atoms with Gasteiger partial charge >= 0.3 is 0 Å². The molecule has 0 spiro atoms. The first-order valence-electron chi connectivity index (χ1n) is 6.31. The second-order valence-electron chi connectivity index (χ2n) is 5.56. The third-order valence-corrected chi connectivity index (χ3v) is 6.13. The SMILES string of the molecule is Cc1ccc(C)c2sc(NC(=O)C3(C)CC3(Cl)Cl)nc12. The number of aromatic nitrogens is 1. The zero-order valence-electron chi connectivity index (χ0n) is 11.4. The van der Waals surface area contributed by atoms with Gasteiger partial charge in [-0.05, 0) is 38.3 Å². The number of carbonyl (C=O) groups excluding carboxylic acids is 1. The molecule has 1 aromatic carbocycles. The molecule has 3 nitrogen and oxygen atoms in total. The molecule has 20 heavy (non-hydrogen) atoms. The molecule has 106 valence electrons. The first-order chi connectivity index (χ1) is 9.24. The Morgan fingerprint density at radius 3 is 2.50 bits per heavy atom. The number of aryl methyl sites for hydroxylation is 2. The molecule has 2 aromatic rings. The lowest BCUT2D eigenvalue weighted by Gasteiger charge is -2.10. The van der Waals surface area contributed by atoms with Crippen molar-refractivity contribution in [3.05, 3.63) is 23.3 Å². The smallest absolute Gasteiger partial charge is 0.235 e. The van der Waals surface area contributed by atoms with Crippen LogP contribution in [-0.4, -0.2) is 15.2 Å². The first kappa shape index (κ1) is 14.1. The van der Waals surface area contributed by atoms with E-state index >= 15 is 0 Å². The van der Waals surface area contributed by atoms with Gasteiger partial charge in [-0.3, -0.25) is 4.79 Å². The lowest BCUT2D eigenvalue weighted by Crippen LogP contribution is -2.25. The van der Waals surface area contributed by atoms with E-state index in [0.29, 0.717) is 11.6 Å². The van der Waals surface area contributed by atoms with Gasteiger partial charge in [0, 0.05) is 0 Å². The number of fused-ring (bicyclic) bond motifs is 1. The molecule has 1 unspecified atom stereocenters. The molecule has 0 saturated heterocycles. The van der Waals surface area contributed by atoms with Crippen LogP contribution in [-0.2, 0) is 4.79 Å². The van der Waals surface area contributed by atoms with Crippen LogP contribution in [0.25, 0.3) is 10.2 Å². The van der Waals surface area contributed by atoms with E-state index in [-0.39, 0.29) is 5.91 Å². The Bertz CT molecular complexity index is 686. The van der Waals surface area contributed by atoms with Gasteiger partial charge in [-0.25, -0.2) is 4.98 Å². The molecular weight excluding hydrogens is 315 g/mol. The van der Waals surface area contributed by atoms with Gasteiger partial charge in [0.15, 0.2) is 5.13 Å². The maximum Gasteiger partial charge on any atom is 0.235 e. The van der Waals surface area contributed by atoms with E-state index in [2.05, 4.69) is 16.4 Å². The topological polar surface area (TPSA) is 42.0 Å². The molecule has 1 atom stereocenters. The quantitative estimate of drug-likeness (QED) is 0.828. The molecule has 3 rings (SSSR count). The fourth-order valence-corrected chi connectivity index (χ4v) is 3.91. The fourth-order valence-electron chi connectivity index (χ4n) is 2.19. The van der Waals surface area contributed by atoms with E-state index in [1.54, 1.807) is 6.92 Å². The fraction of sp³-hybridized carbons (Fsp3) is 0.429. The summed E-state index contributed by atoms with van der Waals surface area (Å²) in [4.78, 5) is 16.7. The number of nitrogens with zero attached hydrogens (tertiary/aromatic N) is 1. The molecule has 1 N–H and O–H groups in total. The van der Waals surface area contributed by atoms with Gasteiger partial charge in [-0.2, -0.15) is 0 Å². The Labute approximate surface area is 131 Å². The predicted octanol–water partition coefficient (Wildman–Crippen LogP) is 4.44. The summed E-state index contributed by atoms with van der Waals surface area (Å²) in [5.74, 6) is -0.170. The van der Waals surface area contributed by atoms with E-state index in [1.807, 2.05) is 19.9 Å². The van der Waals surface area contributed by atoms with Crippen molar-refractivity contribution in [3.63, 3.8) is 0 Å². The minimum absolute atomic E-state index is 0.170. The summed E-state index contributed by atoms with van der Waals surface area (Å²) in [6.45, 7) is 5.82. The van der Waals surface area contributed by atoms with Crippen molar-refractivity contribution in [2.45, 2.75) is 31.5 Å². The van der Waals surface area contributed by atoms with Crippen LogP contribution in [0, 0.1) is 19.3 Å². The van der Waals surface area contributed by atoms with E-state index in [1.165, 1.54) is 11.3 Å². The normalized spacial score (nSPS) is 23.9. The summed E-state index contributed by atoms with van der Waals surface area (Å²) in [7, 11) is 0. The van der Waals surface area contributed by atoms with Gasteiger partial charge in [0.2, 0.25) is 5.91 Å². The minimum Gasteiger partial charge on any atom is -0.301 e. The molecule has 1 aliphatic carbocycles.